The summed E-state index contributed by atoms with van der Waals surface area (Å²) in [7, 11) is 1.53. The van der Waals surface area contributed by atoms with Gasteiger partial charge in [0.25, 0.3) is 11.7 Å². The average molecular weight is 459 g/mol. The number of benzene rings is 2. The van der Waals surface area contributed by atoms with Gasteiger partial charge < -0.3 is 19.5 Å². The summed E-state index contributed by atoms with van der Waals surface area (Å²) >= 11 is 0. The maximum Gasteiger partial charge on any atom is 0.295 e. The van der Waals surface area contributed by atoms with E-state index < -0.39 is 17.7 Å². The lowest BCUT2D eigenvalue weighted by atomic mass is 9.96. The molecular weight excluding hydrogens is 432 g/mol. The van der Waals surface area contributed by atoms with Crippen LogP contribution in [0.2, 0.25) is 0 Å². The van der Waals surface area contributed by atoms with Crippen molar-refractivity contribution < 1.29 is 24.2 Å². The van der Waals surface area contributed by atoms with Crippen molar-refractivity contribution >= 4 is 17.4 Å². The number of carbonyl (C=O) groups excluding carboxylic acids is 2. The van der Waals surface area contributed by atoms with Crippen molar-refractivity contribution in [3.8, 4) is 5.75 Å². The van der Waals surface area contributed by atoms with Crippen LogP contribution < -0.4 is 4.74 Å². The third-order valence-electron chi connectivity index (χ3n) is 5.71. The van der Waals surface area contributed by atoms with Gasteiger partial charge in [0, 0.05) is 31.6 Å². The van der Waals surface area contributed by atoms with E-state index in [1.807, 2.05) is 25.1 Å². The number of hydrogen-bond donors (Lipinski definition) is 1. The highest BCUT2D eigenvalue weighted by Gasteiger charge is 2.45. The van der Waals surface area contributed by atoms with Crippen LogP contribution in [0, 0.1) is 6.92 Å². The average Bonchev–Trinajstić information content (AvgIpc) is 3.11. The van der Waals surface area contributed by atoms with Crippen molar-refractivity contribution in [3.05, 3.63) is 101 Å². The maximum atomic E-state index is 12.9. The molecule has 1 N–H and O–H groups in total. The monoisotopic (exact) mass is 458 g/mol. The topological polar surface area (TPSA) is 89.0 Å². The van der Waals surface area contributed by atoms with Crippen molar-refractivity contribution in [1.29, 1.82) is 0 Å². The van der Waals surface area contributed by atoms with E-state index in [2.05, 4.69) is 11.1 Å². The zero-order chi connectivity index (χ0) is 24.1. The second kappa shape index (κ2) is 10.3. The van der Waals surface area contributed by atoms with Crippen LogP contribution in [0.1, 0.15) is 28.3 Å². The number of rotatable bonds is 8. The van der Waals surface area contributed by atoms with Gasteiger partial charge in [-0.1, -0.05) is 29.8 Å². The molecule has 174 valence electrons. The number of Topliss-reactive ketones (excluding diaryl/α,β-unsaturated/α-hetero) is 1. The normalized spacial score (nSPS) is 17.2. The van der Waals surface area contributed by atoms with Crippen molar-refractivity contribution in [1.82, 2.24) is 9.88 Å². The Kier molecular flexibility index (Phi) is 7.04. The van der Waals surface area contributed by atoms with Gasteiger partial charge >= 0.3 is 0 Å². The fourth-order valence-electron chi connectivity index (χ4n) is 4.03. The van der Waals surface area contributed by atoms with Gasteiger partial charge in [-0.05, 0) is 54.4 Å². The number of aliphatic hydroxyl groups excluding tert-OH is 1. The number of methoxy groups -OCH3 is 1. The van der Waals surface area contributed by atoms with Gasteiger partial charge in [0.05, 0.1) is 18.2 Å². The Morgan fingerprint density at radius 1 is 1.06 bits per heavy atom. The van der Waals surface area contributed by atoms with E-state index in [0.717, 1.165) is 11.1 Å². The molecule has 0 spiro atoms. The van der Waals surface area contributed by atoms with Crippen LogP contribution in [0.4, 0.5) is 0 Å². The Hall–Kier alpha value is -3.97. The lowest BCUT2D eigenvalue weighted by molar-refractivity contribution is -0.140. The van der Waals surface area contributed by atoms with Gasteiger partial charge in [-0.25, -0.2) is 0 Å². The quantitative estimate of drug-likeness (QED) is 0.311. The second-order valence-electron chi connectivity index (χ2n) is 8.07. The predicted molar refractivity (Wildman–Crippen MR) is 127 cm³/mol. The van der Waals surface area contributed by atoms with Gasteiger partial charge in [-0.15, -0.1) is 0 Å². The minimum Gasteiger partial charge on any atom is -0.507 e. The fraction of sp³-hybridized carbons (Fsp3) is 0.222. The Morgan fingerprint density at radius 3 is 2.47 bits per heavy atom. The molecule has 1 fully saturated rings. The number of aryl methyl sites for hydroxylation is 1. The molecule has 1 saturated heterocycles. The van der Waals surface area contributed by atoms with Gasteiger partial charge in [-0.2, -0.15) is 0 Å². The molecule has 1 aliphatic rings. The largest absolute Gasteiger partial charge is 0.507 e. The molecule has 0 bridgehead atoms. The smallest absolute Gasteiger partial charge is 0.295 e. The number of hydrogen-bond acceptors (Lipinski definition) is 6. The van der Waals surface area contributed by atoms with Crippen molar-refractivity contribution in [3.63, 3.8) is 0 Å². The number of ketones is 1. The molecule has 2 aromatic carbocycles. The van der Waals surface area contributed by atoms with Crippen LogP contribution >= 0.6 is 0 Å². The Morgan fingerprint density at radius 2 is 1.79 bits per heavy atom. The summed E-state index contributed by atoms with van der Waals surface area (Å²) in [5.41, 5.74) is 3.37. The molecule has 1 aromatic heterocycles. The van der Waals surface area contributed by atoms with Crippen LogP contribution in [0.25, 0.3) is 5.76 Å². The molecule has 0 saturated carbocycles. The van der Waals surface area contributed by atoms with Gasteiger partial charge in [0.2, 0.25) is 0 Å². The van der Waals surface area contributed by atoms with E-state index in [-0.39, 0.29) is 24.5 Å². The highest BCUT2D eigenvalue weighted by Crippen LogP contribution is 2.39. The first-order valence-corrected chi connectivity index (χ1v) is 11.0. The van der Waals surface area contributed by atoms with Crippen LogP contribution in [-0.4, -0.2) is 46.9 Å². The molecule has 0 unspecified atom stereocenters. The third kappa shape index (κ3) is 4.84. The van der Waals surface area contributed by atoms with Gasteiger partial charge in [-0.3, -0.25) is 14.6 Å². The summed E-state index contributed by atoms with van der Waals surface area (Å²) in [5, 5.41) is 11.1. The predicted octanol–water partition coefficient (Wildman–Crippen LogP) is 4.04. The number of aliphatic hydroxyl groups is 1. The summed E-state index contributed by atoms with van der Waals surface area (Å²) in [6.45, 7) is 2.93. The zero-order valence-electron chi connectivity index (χ0n) is 19.1. The molecule has 0 aliphatic carbocycles. The summed E-state index contributed by atoms with van der Waals surface area (Å²) < 4.78 is 11.0. The summed E-state index contributed by atoms with van der Waals surface area (Å²) in [5.74, 6) is -0.997. The SMILES string of the molecule is COCCN1C(=O)C(=O)/C(=C(/O)c2ccc(OCc3cccc(C)c3)cc2)[C@@H]1c1ccncc1. The molecule has 2 heterocycles. The van der Waals surface area contributed by atoms with Crippen molar-refractivity contribution in [2.24, 2.45) is 0 Å². The van der Waals surface area contributed by atoms with Crippen LogP contribution in [0.5, 0.6) is 5.75 Å². The van der Waals surface area contributed by atoms with Crippen LogP contribution in [0.15, 0.2) is 78.6 Å². The number of pyridine rings is 1. The van der Waals surface area contributed by atoms with Crippen molar-refractivity contribution in [2.45, 2.75) is 19.6 Å². The molecule has 7 nitrogen and oxygen atoms in total. The van der Waals surface area contributed by atoms with E-state index in [0.29, 0.717) is 23.5 Å². The lowest BCUT2D eigenvalue weighted by Gasteiger charge is -2.24. The molecule has 7 heteroatoms. The molecule has 1 aliphatic heterocycles. The molecule has 0 radical (unpaired) electrons. The Labute approximate surface area is 198 Å². The number of nitrogens with zero attached hydrogens (tertiary/aromatic N) is 2. The minimum absolute atomic E-state index is 0.0423. The molecule has 4 rings (SSSR count). The first-order valence-electron chi connectivity index (χ1n) is 11.0. The summed E-state index contributed by atoms with van der Waals surface area (Å²) in [6, 6.07) is 17.6. The number of likely N-dealkylation sites (tertiary alicyclic amines) is 1. The number of ether oxygens (including phenoxy) is 2. The molecule has 1 atom stereocenters. The first kappa shape index (κ1) is 23.2. The Bertz CT molecular complexity index is 1210. The van der Waals surface area contributed by atoms with E-state index in [4.69, 9.17) is 9.47 Å². The highest BCUT2D eigenvalue weighted by atomic mass is 16.5. The molecule has 3 aromatic rings. The number of amides is 1. The van der Waals surface area contributed by atoms with E-state index in [1.54, 1.807) is 48.8 Å². The standard InChI is InChI=1S/C27H26N2O5/c1-18-4-3-5-19(16-18)17-34-22-8-6-21(7-9-22)25(30)23-24(20-10-12-28-13-11-20)29(14-15-33-2)27(32)26(23)31/h3-13,16,24,30H,14-15,17H2,1-2H3/b25-23+/t24-/m0/s1. The van der Waals surface area contributed by atoms with Gasteiger partial charge in [0.1, 0.15) is 18.1 Å². The minimum atomic E-state index is -0.727. The van der Waals surface area contributed by atoms with Crippen LogP contribution in [0.3, 0.4) is 0 Å². The molecule has 34 heavy (non-hydrogen) atoms. The van der Waals surface area contributed by atoms with E-state index >= 15 is 0 Å². The number of aromatic nitrogens is 1. The molecular formula is C27H26N2O5. The van der Waals surface area contributed by atoms with Crippen molar-refractivity contribution in [2.75, 3.05) is 20.3 Å². The second-order valence-corrected chi connectivity index (χ2v) is 8.07. The van der Waals surface area contributed by atoms with Gasteiger partial charge in [0.15, 0.2) is 0 Å². The summed E-state index contributed by atoms with van der Waals surface area (Å²) in [6.07, 6.45) is 3.18. The highest BCUT2D eigenvalue weighted by molar-refractivity contribution is 6.46. The zero-order valence-corrected chi connectivity index (χ0v) is 19.1. The van der Waals surface area contributed by atoms with E-state index in [9.17, 15) is 14.7 Å². The van der Waals surface area contributed by atoms with E-state index in [1.165, 1.54) is 12.0 Å². The molecule has 1 amide bonds. The number of carbonyl (C=O) groups is 2. The third-order valence-corrected chi connectivity index (χ3v) is 5.71. The Balaban J connectivity index is 1.62. The summed E-state index contributed by atoms with van der Waals surface area (Å²) in [4.78, 5) is 31.2. The first-order chi connectivity index (χ1) is 16.5. The fourth-order valence-corrected chi connectivity index (χ4v) is 4.03. The lowest BCUT2D eigenvalue weighted by Crippen LogP contribution is -2.32. The maximum absolute atomic E-state index is 12.9. The van der Waals surface area contributed by atoms with Crippen LogP contribution in [-0.2, 0) is 20.9 Å².